The summed E-state index contributed by atoms with van der Waals surface area (Å²) in [5, 5.41) is 15.5. The molecule has 0 radical (unpaired) electrons. The Morgan fingerprint density at radius 1 is 1.19 bits per heavy atom. The molecule has 0 spiro atoms. The zero-order valence-electron chi connectivity index (χ0n) is 22.3. The lowest BCUT2D eigenvalue weighted by Gasteiger charge is -2.48. The van der Waals surface area contributed by atoms with E-state index in [9.17, 15) is 0 Å². The van der Waals surface area contributed by atoms with E-state index >= 15 is 0 Å². The Morgan fingerprint density at radius 3 is 2.49 bits per heavy atom. The number of hydrogen-bond donors (Lipinski definition) is 4. The van der Waals surface area contributed by atoms with E-state index in [-0.39, 0.29) is 5.84 Å². The van der Waals surface area contributed by atoms with Crippen molar-refractivity contribution in [1.29, 1.82) is 5.41 Å². The predicted octanol–water partition coefficient (Wildman–Crippen LogP) is 2.83. The van der Waals surface area contributed by atoms with Gasteiger partial charge < -0.3 is 21.5 Å². The number of hydrogen-bond acceptors (Lipinski definition) is 8. The molecule has 2 aliphatic heterocycles. The number of benzene rings is 1. The SMILES string of the molecule is C=C(N)c1cnc(N2CCN(C3CCN(Cc4ccc(Cl)cc4C(=N)N)CC3)C(CC)C2)c(C)n1.CO. The molecule has 0 bridgehead atoms. The number of rotatable bonds is 7. The average Bonchev–Trinajstić information content (AvgIpc) is 2.90. The van der Waals surface area contributed by atoms with Crippen molar-refractivity contribution in [3.8, 4) is 0 Å². The molecule has 1 aromatic heterocycles. The van der Waals surface area contributed by atoms with Crippen LogP contribution in [0.15, 0.2) is 31.0 Å². The summed E-state index contributed by atoms with van der Waals surface area (Å²) in [6, 6.07) is 6.76. The normalized spacial score (nSPS) is 19.3. The van der Waals surface area contributed by atoms with Crippen LogP contribution in [0.2, 0.25) is 5.02 Å². The van der Waals surface area contributed by atoms with Gasteiger partial charge in [-0.15, -0.1) is 0 Å². The first-order valence-electron chi connectivity index (χ1n) is 12.9. The van der Waals surface area contributed by atoms with Gasteiger partial charge in [0, 0.05) is 56.0 Å². The topological polar surface area (TPSA) is 132 Å². The highest BCUT2D eigenvalue weighted by Gasteiger charge is 2.34. The van der Waals surface area contributed by atoms with Crippen LogP contribution in [0.1, 0.15) is 48.7 Å². The van der Waals surface area contributed by atoms with Gasteiger partial charge in [-0.3, -0.25) is 15.2 Å². The van der Waals surface area contributed by atoms with Gasteiger partial charge in [0.25, 0.3) is 0 Å². The lowest BCUT2D eigenvalue weighted by Crippen LogP contribution is -2.58. The van der Waals surface area contributed by atoms with E-state index in [1.54, 1.807) is 12.3 Å². The highest BCUT2D eigenvalue weighted by atomic mass is 35.5. The van der Waals surface area contributed by atoms with Crippen LogP contribution < -0.4 is 16.4 Å². The Kier molecular flexibility index (Phi) is 10.3. The second-order valence-electron chi connectivity index (χ2n) is 9.66. The summed E-state index contributed by atoms with van der Waals surface area (Å²) in [5.74, 6) is 1.02. The van der Waals surface area contributed by atoms with Gasteiger partial charge in [-0.1, -0.05) is 31.2 Å². The largest absolute Gasteiger partial charge is 0.400 e. The van der Waals surface area contributed by atoms with E-state index in [2.05, 4.69) is 38.2 Å². The molecule has 9 nitrogen and oxygen atoms in total. The molecule has 6 N–H and O–H groups in total. The fraction of sp³-hybridized carbons (Fsp3) is 0.519. The number of nitrogen functional groups attached to an aromatic ring is 1. The molecule has 37 heavy (non-hydrogen) atoms. The molecule has 2 fully saturated rings. The van der Waals surface area contributed by atoms with Crippen LogP contribution in [0.4, 0.5) is 5.82 Å². The number of aromatic nitrogens is 2. The van der Waals surface area contributed by atoms with Crippen LogP contribution in [0, 0.1) is 12.3 Å². The lowest BCUT2D eigenvalue weighted by atomic mass is 9.97. The number of aryl methyl sites for hydroxylation is 1. The van der Waals surface area contributed by atoms with Crippen LogP contribution in [0.3, 0.4) is 0 Å². The zero-order valence-corrected chi connectivity index (χ0v) is 23.0. The zero-order chi connectivity index (χ0) is 27.1. The minimum Gasteiger partial charge on any atom is -0.400 e. The number of anilines is 1. The summed E-state index contributed by atoms with van der Waals surface area (Å²) >= 11 is 6.12. The molecule has 0 aliphatic carbocycles. The summed E-state index contributed by atoms with van der Waals surface area (Å²) in [6.07, 6.45) is 5.12. The lowest BCUT2D eigenvalue weighted by molar-refractivity contribution is 0.0610. The molecule has 1 atom stereocenters. The average molecular weight is 529 g/mol. The summed E-state index contributed by atoms with van der Waals surface area (Å²) in [5.41, 5.74) is 15.4. The van der Waals surface area contributed by atoms with Gasteiger partial charge in [-0.25, -0.2) is 9.97 Å². The monoisotopic (exact) mass is 528 g/mol. The predicted molar refractivity (Wildman–Crippen MR) is 152 cm³/mol. The van der Waals surface area contributed by atoms with Crippen molar-refractivity contribution < 1.29 is 5.11 Å². The minimum atomic E-state index is 0.0728. The van der Waals surface area contributed by atoms with E-state index in [1.165, 1.54) is 0 Å². The molecular formula is C27H41ClN8O. The molecule has 2 aromatic rings. The van der Waals surface area contributed by atoms with Crippen LogP contribution in [-0.4, -0.2) is 82.6 Å². The van der Waals surface area contributed by atoms with Crippen molar-refractivity contribution in [2.75, 3.05) is 44.7 Å². The Balaban J connectivity index is 0.00000186. The molecule has 1 aromatic carbocycles. The second-order valence-corrected chi connectivity index (χ2v) is 10.1. The maximum absolute atomic E-state index is 7.89. The molecule has 2 saturated heterocycles. The Hall–Kier alpha value is -2.72. The number of nitrogens with zero attached hydrogens (tertiary/aromatic N) is 5. The maximum atomic E-state index is 7.89. The standard InChI is InChI=1S/C26H37ClN8.CH4O/c1-4-21-16-34(26-18(3)32-24(14-31-26)17(2)28)11-12-35(21)22-7-9-33(10-8-22)15-19-5-6-20(27)13-23(19)25(29)30;1-2/h5-6,13-14,21-22H,2,4,7-12,15-16,28H2,1,3H3,(H3,29,30);2H,1H3. The molecule has 2 aliphatic rings. The van der Waals surface area contributed by atoms with Gasteiger partial charge in [-0.2, -0.15) is 0 Å². The quantitative estimate of drug-likeness (QED) is 0.318. The molecule has 1 unspecified atom stereocenters. The summed E-state index contributed by atoms with van der Waals surface area (Å²) in [4.78, 5) is 16.8. The number of aliphatic hydroxyl groups is 1. The first kappa shape index (κ1) is 28.8. The Labute approximate surface area is 225 Å². The molecule has 3 heterocycles. The van der Waals surface area contributed by atoms with Gasteiger partial charge in [0.15, 0.2) is 0 Å². The molecule has 4 rings (SSSR count). The number of piperidine rings is 1. The fourth-order valence-electron chi connectivity index (χ4n) is 5.43. The maximum Gasteiger partial charge on any atom is 0.150 e. The number of nitrogens with one attached hydrogen (secondary N) is 1. The van der Waals surface area contributed by atoms with Crippen molar-refractivity contribution in [2.45, 2.75) is 51.7 Å². The Bertz CT molecular complexity index is 1090. The van der Waals surface area contributed by atoms with Gasteiger partial charge in [0.05, 0.1) is 17.6 Å². The van der Waals surface area contributed by atoms with Crippen molar-refractivity contribution in [3.63, 3.8) is 0 Å². The fourth-order valence-corrected chi connectivity index (χ4v) is 5.61. The highest BCUT2D eigenvalue weighted by molar-refractivity contribution is 6.31. The van der Waals surface area contributed by atoms with Gasteiger partial charge in [0.1, 0.15) is 17.3 Å². The first-order valence-corrected chi connectivity index (χ1v) is 13.2. The smallest absolute Gasteiger partial charge is 0.150 e. The summed E-state index contributed by atoms with van der Waals surface area (Å²) < 4.78 is 0. The number of likely N-dealkylation sites (tertiary alicyclic amines) is 1. The third-order valence-corrected chi connectivity index (χ3v) is 7.57. The van der Waals surface area contributed by atoms with Gasteiger partial charge in [0.2, 0.25) is 0 Å². The van der Waals surface area contributed by atoms with E-state index in [0.29, 0.717) is 28.5 Å². The molecule has 10 heteroatoms. The van der Waals surface area contributed by atoms with Crippen LogP contribution in [0.5, 0.6) is 0 Å². The number of aliphatic hydroxyl groups excluding tert-OH is 1. The van der Waals surface area contributed by atoms with Crippen molar-refractivity contribution in [3.05, 3.63) is 58.5 Å². The molecule has 0 amide bonds. The van der Waals surface area contributed by atoms with Crippen molar-refractivity contribution in [1.82, 2.24) is 19.8 Å². The van der Waals surface area contributed by atoms with Gasteiger partial charge >= 0.3 is 0 Å². The number of halogens is 1. The third-order valence-electron chi connectivity index (χ3n) is 7.33. The third kappa shape index (κ3) is 6.98. The molecule has 202 valence electrons. The Morgan fingerprint density at radius 2 is 1.89 bits per heavy atom. The number of nitrogens with two attached hydrogens (primary N) is 2. The molecule has 0 saturated carbocycles. The number of piperazine rings is 1. The van der Waals surface area contributed by atoms with Crippen LogP contribution in [0.25, 0.3) is 5.70 Å². The molecular weight excluding hydrogens is 488 g/mol. The second kappa shape index (κ2) is 13.2. The summed E-state index contributed by atoms with van der Waals surface area (Å²) in [7, 11) is 1.00. The highest BCUT2D eigenvalue weighted by Crippen LogP contribution is 2.27. The van der Waals surface area contributed by atoms with Crippen molar-refractivity contribution >= 4 is 29.0 Å². The van der Waals surface area contributed by atoms with Crippen molar-refractivity contribution in [2.24, 2.45) is 11.5 Å². The van der Waals surface area contributed by atoms with E-state index in [4.69, 9.17) is 33.6 Å². The number of amidine groups is 1. The van der Waals surface area contributed by atoms with E-state index < -0.39 is 0 Å². The summed E-state index contributed by atoms with van der Waals surface area (Å²) in [6.45, 7) is 13.9. The minimum absolute atomic E-state index is 0.0728. The first-order chi connectivity index (χ1) is 17.8. The van der Waals surface area contributed by atoms with Crippen LogP contribution >= 0.6 is 11.6 Å². The van der Waals surface area contributed by atoms with Crippen LogP contribution in [-0.2, 0) is 6.54 Å². The van der Waals surface area contributed by atoms with E-state index in [0.717, 1.165) is 88.3 Å². The van der Waals surface area contributed by atoms with Gasteiger partial charge in [-0.05, 0) is 57.0 Å². The van der Waals surface area contributed by atoms with E-state index in [1.807, 2.05) is 19.1 Å².